The molecule has 0 aliphatic carbocycles. The zero-order valence-electron chi connectivity index (χ0n) is 54.2. The first-order valence-corrected chi connectivity index (χ1v) is 32.4. The van der Waals surface area contributed by atoms with Crippen molar-refractivity contribution in [2.45, 2.75) is 146 Å². The molecule has 19 N–H and O–H groups in total. The average Bonchev–Trinajstić information content (AvgIpc) is 1.78. The molecule has 3 aromatic carbocycles. The van der Waals surface area contributed by atoms with E-state index in [0.717, 1.165) is 0 Å². The van der Waals surface area contributed by atoms with Crippen molar-refractivity contribution in [3.8, 4) is 5.75 Å². The van der Waals surface area contributed by atoms with Crippen LogP contribution in [0.4, 0.5) is 0 Å². The van der Waals surface area contributed by atoms with Crippen LogP contribution in [0.2, 0.25) is 0 Å². The van der Waals surface area contributed by atoms with E-state index >= 15 is 9.59 Å². The minimum atomic E-state index is -1.80. The maximum Gasteiger partial charge on any atom is 0.245 e. The summed E-state index contributed by atoms with van der Waals surface area (Å²) in [6.07, 6.45) is 6.61. The number of aliphatic imine (C=N–C) groups is 1. The molecule has 97 heavy (non-hydrogen) atoms. The molecule has 3 aromatic heterocycles. The number of benzene rings is 3. The number of rotatable bonds is 34. The van der Waals surface area contributed by atoms with Gasteiger partial charge < -0.3 is 94.7 Å². The number of nitrogens with one attached hydrogen (secondary N) is 13. The van der Waals surface area contributed by atoms with Crippen LogP contribution in [0.5, 0.6) is 5.75 Å². The number of fused-ring (bicyclic) bond motifs is 2. The number of amides is 11. The first kappa shape index (κ1) is 72.0. The Morgan fingerprint density at radius 2 is 1.20 bits per heavy atom. The van der Waals surface area contributed by atoms with Crippen molar-refractivity contribution in [1.29, 1.82) is 0 Å². The number of phenolic OH excluding ortho intramolecular Hbond substituents is 1. The molecular weight excluding hydrogens is 1250 g/mol. The second kappa shape index (κ2) is 34.5. The van der Waals surface area contributed by atoms with Gasteiger partial charge >= 0.3 is 0 Å². The molecular formula is C66H86N18O13. The normalized spacial score (nSPS) is 16.5. The van der Waals surface area contributed by atoms with Gasteiger partial charge in [0.1, 0.15) is 60.1 Å². The van der Waals surface area contributed by atoms with E-state index in [4.69, 9.17) is 11.5 Å². The number of likely N-dealkylation sites (tertiary alicyclic amines) is 1. The van der Waals surface area contributed by atoms with E-state index in [1.54, 1.807) is 61.8 Å². The number of nitrogens with zero attached hydrogens (tertiary/aromatic N) is 3. The van der Waals surface area contributed by atoms with Crippen LogP contribution in [0.1, 0.15) is 88.1 Å². The molecule has 8 rings (SSSR count). The number of phenols is 1. The molecule has 0 radical (unpaired) electrons. The molecule has 2 saturated heterocycles. The SMILES string of the molecule is CCNC(=O)CNC(=O)C1CCCN1C(=O)C(CCCN=C(N)N)NC(=O)C(CC(C)C)NC(=O)C(Cc1c[nH]c2ccccc12)NC(=O)C(Cc1ccc(O)cc1)NC(=O)C(CO)NC(=O)C(Cc1c[nH]c2ccccc12)NC(=O)C(Cc1cnc[nH]1)NC(=O)C1CCC(=O)N1. The van der Waals surface area contributed by atoms with E-state index in [0.29, 0.717) is 57.2 Å². The number of likely N-dealkylation sites (N-methyl/N-ethyl adjacent to an activating group) is 1. The van der Waals surface area contributed by atoms with Gasteiger partial charge in [0.05, 0.1) is 19.5 Å². The molecule has 31 nitrogen and oxygen atoms in total. The molecule has 0 bridgehead atoms. The number of carbonyl (C=O) groups is 11. The minimum absolute atomic E-state index is 0.00248. The summed E-state index contributed by atoms with van der Waals surface area (Å²) in [5.41, 5.74) is 14.6. The van der Waals surface area contributed by atoms with E-state index in [1.165, 1.54) is 41.7 Å². The molecule has 0 saturated carbocycles. The number of guanidine groups is 1. The van der Waals surface area contributed by atoms with Crippen LogP contribution in [0, 0.1) is 5.92 Å². The van der Waals surface area contributed by atoms with Crippen molar-refractivity contribution in [3.63, 3.8) is 0 Å². The maximum atomic E-state index is 15.1. The fourth-order valence-electron chi connectivity index (χ4n) is 11.8. The summed E-state index contributed by atoms with van der Waals surface area (Å²) < 4.78 is 0. The summed E-state index contributed by atoms with van der Waals surface area (Å²) in [5, 5.41) is 49.4. The van der Waals surface area contributed by atoms with Crippen LogP contribution < -0.4 is 64.6 Å². The van der Waals surface area contributed by atoms with Crippen LogP contribution in [-0.2, 0) is 78.4 Å². The van der Waals surface area contributed by atoms with E-state index in [1.807, 2.05) is 19.9 Å². The predicted octanol–water partition coefficient (Wildman–Crippen LogP) is -1.64. The number of carbonyl (C=O) groups excluding carboxylic acids is 11. The lowest BCUT2D eigenvalue weighted by molar-refractivity contribution is -0.142. The summed E-state index contributed by atoms with van der Waals surface area (Å²) in [6, 6.07) is 7.88. The molecule has 2 fully saturated rings. The molecule has 2 aliphatic heterocycles. The molecule has 31 heteroatoms. The monoisotopic (exact) mass is 1340 g/mol. The van der Waals surface area contributed by atoms with Gasteiger partial charge in [-0.05, 0) is 92.3 Å². The van der Waals surface area contributed by atoms with Crippen LogP contribution in [0.15, 0.2) is 103 Å². The second-order valence-corrected chi connectivity index (χ2v) is 24.5. The van der Waals surface area contributed by atoms with Gasteiger partial charge in [-0.3, -0.25) is 57.7 Å². The molecule has 6 aromatic rings. The Balaban J connectivity index is 1.05. The number of hydrogen-bond donors (Lipinski definition) is 17. The van der Waals surface area contributed by atoms with Crippen molar-refractivity contribution in [2.75, 3.05) is 32.8 Å². The van der Waals surface area contributed by atoms with Crippen molar-refractivity contribution >= 4 is 92.7 Å². The van der Waals surface area contributed by atoms with Gasteiger partial charge in [-0.1, -0.05) is 62.4 Å². The molecule has 0 spiro atoms. The quantitative estimate of drug-likeness (QED) is 0.0122. The highest BCUT2D eigenvalue weighted by Gasteiger charge is 2.40. The van der Waals surface area contributed by atoms with Crippen molar-refractivity contribution < 1.29 is 63.0 Å². The fraction of sp³-hybridized carbons (Fsp3) is 0.439. The highest BCUT2D eigenvalue weighted by molar-refractivity contribution is 6.00. The number of aromatic hydroxyl groups is 1. The Morgan fingerprint density at radius 3 is 1.74 bits per heavy atom. The van der Waals surface area contributed by atoms with Crippen LogP contribution in [0.3, 0.4) is 0 Å². The Morgan fingerprint density at radius 1 is 0.649 bits per heavy atom. The number of aliphatic hydroxyl groups excluding tert-OH is 1. The Hall–Kier alpha value is -10.9. The first-order chi connectivity index (χ1) is 46.6. The number of aliphatic hydroxyl groups is 1. The first-order valence-electron chi connectivity index (χ1n) is 32.4. The number of imidazole rings is 1. The van der Waals surface area contributed by atoms with Gasteiger partial charge in [0, 0.05) is 97.8 Å². The predicted molar refractivity (Wildman–Crippen MR) is 356 cm³/mol. The number of para-hydroxylation sites is 2. The van der Waals surface area contributed by atoms with Crippen molar-refractivity contribution in [2.24, 2.45) is 22.4 Å². The van der Waals surface area contributed by atoms with Crippen LogP contribution in [-0.4, -0.2) is 193 Å². The maximum absolute atomic E-state index is 15.1. The zero-order chi connectivity index (χ0) is 69.7. The molecule has 5 heterocycles. The number of H-pyrrole nitrogens is 3. The summed E-state index contributed by atoms with van der Waals surface area (Å²) in [6.45, 7) is 4.59. The number of hydrogen-bond acceptors (Lipinski definition) is 15. The van der Waals surface area contributed by atoms with Crippen molar-refractivity contribution in [3.05, 3.63) is 120 Å². The lowest BCUT2D eigenvalue weighted by Gasteiger charge is -2.30. The summed E-state index contributed by atoms with van der Waals surface area (Å²) in [7, 11) is 0. The van der Waals surface area contributed by atoms with E-state index < -0.39 is 120 Å². The molecule has 518 valence electrons. The standard InChI is InChI=1S/C66H86N18O13/c1-4-70-56(88)33-74-64(96)54-16-10-24-84(54)65(97)47(15-9-23-71-66(67)68)77-58(90)48(25-36(2)3)78-60(92)50(27-38-30-72-44-13-7-5-11-42(38)44)80-59(91)49(26-37-17-19-41(86)20-18-37)79-63(95)53(34-85)83-61(93)51(28-39-31-73-45-14-8-6-12-43(39)45)81-62(94)52(29-40-32-69-35-75-40)82-57(89)46-21-22-55(87)76-46/h5-8,11-14,17-20,30-32,35-36,46-54,72-73,85-86H,4,9-10,15-16,21-29,33-34H2,1-3H3,(H,69,75)(H,70,88)(H,74,96)(H,76,87)(H,77,90)(H,78,92)(H,79,95)(H,80,91)(H,81,94)(H,82,89)(H,83,93)(H4,67,68,71). The van der Waals surface area contributed by atoms with Gasteiger partial charge in [-0.15, -0.1) is 0 Å². The molecule has 2 aliphatic rings. The molecule has 11 amide bonds. The Bertz CT molecular complexity index is 3790. The van der Waals surface area contributed by atoms with E-state index in [-0.39, 0.29) is 107 Å². The smallest absolute Gasteiger partial charge is 0.245 e. The number of aromatic nitrogens is 4. The van der Waals surface area contributed by atoms with E-state index in [2.05, 4.69) is 78.1 Å². The zero-order valence-corrected chi connectivity index (χ0v) is 54.2. The third kappa shape index (κ3) is 20.3. The van der Waals surface area contributed by atoms with Gasteiger partial charge in [0.25, 0.3) is 0 Å². The average molecular weight is 1340 g/mol. The summed E-state index contributed by atoms with van der Waals surface area (Å²) >= 11 is 0. The lowest BCUT2D eigenvalue weighted by atomic mass is 9.99. The highest BCUT2D eigenvalue weighted by Crippen LogP contribution is 2.24. The van der Waals surface area contributed by atoms with Crippen LogP contribution >= 0.6 is 0 Å². The van der Waals surface area contributed by atoms with Gasteiger partial charge in [-0.25, -0.2) is 4.98 Å². The third-order valence-corrected chi connectivity index (χ3v) is 16.7. The molecule has 9 atom stereocenters. The second-order valence-electron chi connectivity index (χ2n) is 24.5. The summed E-state index contributed by atoms with van der Waals surface area (Å²) in [4.78, 5) is 173. The third-order valence-electron chi connectivity index (χ3n) is 16.7. The summed E-state index contributed by atoms with van der Waals surface area (Å²) in [5.74, 6) is -8.54. The number of nitrogens with two attached hydrogens (primary N) is 2. The Kier molecular flexibility index (Phi) is 25.6. The molecule has 9 unspecified atom stereocenters. The minimum Gasteiger partial charge on any atom is -0.508 e. The van der Waals surface area contributed by atoms with E-state index in [9.17, 15) is 53.4 Å². The lowest BCUT2D eigenvalue weighted by Crippen LogP contribution is -2.61. The van der Waals surface area contributed by atoms with Gasteiger partial charge in [-0.2, -0.15) is 0 Å². The van der Waals surface area contributed by atoms with Gasteiger partial charge in [0.15, 0.2) is 5.96 Å². The largest absolute Gasteiger partial charge is 0.508 e. The topological polar surface area (TPSA) is 476 Å². The fourth-order valence-corrected chi connectivity index (χ4v) is 11.8. The van der Waals surface area contributed by atoms with Crippen molar-refractivity contribution in [1.82, 2.24) is 78.0 Å². The Labute approximate surface area is 558 Å². The number of aromatic amines is 3. The highest BCUT2D eigenvalue weighted by atomic mass is 16.3. The van der Waals surface area contributed by atoms with Gasteiger partial charge in [0.2, 0.25) is 65.0 Å². The van der Waals surface area contributed by atoms with Crippen LogP contribution in [0.25, 0.3) is 21.8 Å².